The third-order valence-electron chi connectivity index (χ3n) is 2.64. The normalized spacial score (nSPS) is 12.5. The Bertz CT molecular complexity index is 608. The minimum Gasteiger partial charge on any atom is -0.497 e. The molecule has 1 atom stereocenters. The van der Waals surface area contributed by atoms with Crippen molar-refractivity contribution in [3.63, 3.8) is 0 Å². The lowest BCUT2D eigenvalue weighted by Crippen LogP contribution is -2.44. The first kappa shape index (κ1) is 17.0. The second-order valence-electron chi connectivity index (χ2n) is 4.49. The third-order valence-corrected chi connectivity index (χ3v) is 4.26. The maximum absolute atomic E-state index is 12.0. The van der Waals surface area contributed by atoms with Gasteiger partial charge in [0.15, 0.2) is 9.84 Å². The van der Waals surface area contributed by atoms with E-state index in [9.17, 15) is 18.0 Å². The van der Waals surface area contributed by atoms with E-state index >= 15 is 0 Å². The number of carboxylic acids is 1. The minimum atomic E-state index is -3.68. The van der Waals surface area contributed by atoms with Gasteiger partial charge in [0.05, 0.1) is 18.6 Å². The van der Waals surface area contributed by atoms with Gasteiger partial charge in [-0.3, -0.25) is 4.79 Å². The summed E-state index contributed by atoms with van der Waals surface area (Å²) in [4.78, 5) is 21.8. The lowest BCUT2D eigenvalue weighted by Gasteiger charge is -2.13. The summed E-state index contributed by atoms with van der Waals surface area (Å²) >= 11 is 0. The van der Waals surface area contributed by atoms with E-state index in [0.717, 1.165) is 6.92 Å². The molecule has 0 saturated carbocycles. The molecule has 0 aliphatic rings. The van der Waals surface area contributed by atoms with Crippen LogP contribution in [0.25, 0.3) is 0 Å². The molecule has 1 aromatic rings. The van der Waals surface area contributed by atoms with Gasteiger partial charge in [0.25, 0.3) is 0 Å². The van der Waals surface area contributed by atoms with Gasteiger partial charge < -0.3 is 15.2 Å². The predicted octanol–water partition coefficient (Wildman–Crippen LogP) is 0.199. The minimum absolute atomic E-state index is 0.305. The van der Waals surface area contributed by atoms with Gasteiger partial charge in [-0.05, 0) is 17.7 Å². The van der Waals surface area contributed by atoms with Gasteiger partial charge in [0.2, 0.25) is 5.91 Å². The molecule has 0 aliphatic heterocycles. The van der Waals surface area contributed by atoms with Crippen molar-refractivity contribution in [1.82, 2.24) is 5.32 Å². The molecule has 1 rings (SSSR count). The van der Waals surface area contributed by atoms with E-state index in [4.69, 9.17) is 9.84 Å². The Morgan fingerprint density at radius 3 is 2.29 bits per heavy atom. The van der Waals surface area contributed by atoms with Crippen molar-refractivity contribution in [2.75, 3.05) is 12.9 Å². The van der Waals surface area contributed by atoms with Gasteiger partial charge in [-0.2, -0.15) is 0 Å². The van der Waals surface area contributed by atoms with Gasteiger partial charge >= 0.3 is 5.97 Å². The number of carbonyl (C=O) groups is 2. The number of nitrogens with one attached hydrogen (secondary N) is 1. The molecule has 8 heteroatoms. The van der Waals surface area contributed by atoms with E-state index in [1.54, 1.807) is 24.3 Å². The molecule has 0 aliphatic carbocycles. The molecule has 0 spiro atoms. The Kier molecular flexibility index (Phi) is 5.71. The summed E-state index contributed by atoms with van der Waals surface area (Å²) in [5.41, 5.74) is 0.516. The van der Waals surface area contributed by atoms with Crippen LogP contribution in [0.4, 0.5) is 0 Å². The van der Waals surface area contributed by atoms with Crippen LogP contribution in [0.1, 0.15) is 12.5 Å². The smallest absolute Gasteiger partial charge is 0.327 e. The molecule has 1 unspecified atom stereocenters. The van der Waals surface area contributed by atoms with Crippen LogP contribution in [0, 0.1) is 0 Å². The Hall–Kier alpha value is -2.09. The van der Waals surface area contributed by atoms with Crippen molar-refractivity contribution >= 4 is 21.7 Å². The highest BCUT2D eigenvalue weighted by Crippen LogP contribution is 2.14. The van der Waals surface area contributed by atoms with Gasteiger partial charge in [-0.15, -0.1) is 0 Å². The van der Waals surface area contributed by atoms with Crippen molar-refractivity contribution in [1.29, 1.82) is 0 Å². The number of methoxy groups -OCH3 is 1. The number of carboxylic acid groups (broad SMARTS) is 1. The van der Waals surface area contributed by atoms with Crippen molar-refractivity contribution in [2.24, 2.45) is 0 Å². The fraction of sp³-hybridized carbons (Fsp3) is 0.385. The summed E-state index contributed by atoms with van der Waals surface area (Å²) < 4.78 is 29.0. The van der Waals surface area contributed by atoms with Gasteiger partial charge in [0, 0.05) is 6.92 Å². The molecule has 0 saturated heterocycles. The van der Waals surface area contributed by atoms with Crippen LogP contribution in [0.2, 0.25) is 0 Å². The standard InChI is InChI=1S/C13H17NO6S/c1-9(15)14-12(13(16)17)8-21(18,19)7-10-3-5-11(20-2)6-4-10/h3-6,12H,7-8H2,1-2H3,(H,14,15)(H,16,17). The second-order valence-corrected chi connectivity index (χ2v) is 6.60. The molecular weight excluding hydrogens is 298 g/mol. The van der Waals surface area contributed by atoms with Crippen LogP contribution in [0.5, 0.6) is 5.75 Å². The van der Waals surface area contributed by atoms with Crippen LogP contribution in [-0.2, 0) is 25.2 Å². The van der Waals surface area contributed by atoms with Crippen LogP contribution >= 0.6 is 0 Å². The first-order valence-electron chi connectivity index (χ1n) is 6.07. The monoisotopic (exact) mass is 315 g/mol. The Morgan fingerprint density at radius 1 is 1.29 bits per heavy atom. The van der Waals surface area contributed by atoms with E-state index in [2.05, 4.69) is 5.32 Å². The number of ether oxygens (including phenoxy) is 1. The van der Waals surface area contributed by atoms with Crippen molar-refractivity contribution in [3.8, 4) is 5.75 Å². The zero-order valence-corrected chi connectivity index (χ0v) is 12.5. The van der Waals surface area contributed by atoms with Crippen molar-refractivity contribution < 1.29 is 27.9 Å². The van der Waals surface area contributed by atoms with Crippen LogP contribution in [-0.4, -0.2) is 44.3 Å². The highest BCUT2D eigenvalue weighted by atomic mass is 32.2. The summed E-state index contributed by atoms with van der Waals surface area (Å²) in [5, 5.41) is 11.0. The third kappa shape index (κ3) is 5.82. The Labute approximate surface area is 122 Å². The molecule has 21 heavy (non-hydrogen) atoms. The maximum Gasteiger partial charge on any atom is 0.327 e. The zero-order valence-electron chi connectivity index (χ0n) is 11.7. The van der Waals surface area contributed by atoms with E-state index in [0.29, 0.717) is 11.3 Å². The molecule has 0 aromatic heterocycles. The number of benzene rings is 1. The number of aliphatic carboxylic acids is 1. The maximum atomic E-state index is 12.0. The molecule has 2 N–H and O–H groups in total. The lowest BCUT2D eigenvalue weighted by molar-refractivity contribution is -0.140. The number of carbonyl (C=O) groups excluding carboxylic acids is 1. The molecule has 0 bridgehead atoms. The second kappa shape index (κ2) is 7.07. The largest absolute Gasteiger partial charge is 0.497 e. The van der Waals surface area contributed by atoms with Crippen LogP contribution in [0.3, 0.4) is 0 Å². The molecule has 1 amide bonds. The van der Waals surface area contributed by atoms with Crippen molar-refractivity contribution in [2.45, 2.75) is 18.7 Å². The molecule has 116 valence electrons. The number of hydrogen-bond acceptors (Lipinski definition) is 5. The first-order valence-corrected chi connectivity index (χ1v) is 7.89. The average molecular weight is 315 g/mol. The highest BCUT2D eigenvalue weighted by Gasteiger charge is 2.26. The highest BCUT2D eigenvalue weighted by molar-refractivity contribution is 7.90. The summed E-state index contributed by atoms with van der Waals surface area (Å²) in [6.45, 7) is 1.13. The number of hydrogen-bond donors (Lipinski definition) is 2. The van der Waals surface area contributed by atoms with E-state index in [1.165, 1.54) is 7.11 Å². The topological polar surface area (TPSA) is 110 Å². The van der Waals surface area contributed by atoms with Crippen LogP contribution < -0.4 is 10.1 Å². The molecule has 0 fully saturated rings. The Balaban J connectivity index is 2.79. The SMILES string of the molecule is COc1ccc(CS(=O)(=O)CC(NC(C)=O)C(=O)O)cc1. The van der Waals surface area contributed by atoms with Crippen molar-refractivity contribution in [3.05, 3.63) is 29.8 Å². The number of sulfone groups is 1. The lowest BCUT2D eigenvalue weighted by atomic mass is 10.2. The zero-order chi connectivity index (χ0) is 16.0. The molecule has 7 nitrogen and oxygen atoms in total. The predicted molar refractivity (Wildman–Crippen MR) is 75.7 cm³/mol. The fourth-order valence-electron chi connectivity index (χ4n) is 1.71. The average Bonchev–Trinajstić information content (AvgIpc) is 2.37. The molecule has 0 heterocycles. The fourth-order valence-corrected chi connectivity index (χ4v) is 3.26. The first-order chi connectivity index (χ1) is 9.73. The number of amides is 1. The van der Waals surface area contributed by atoms with Gasteiger partial charge in [-0.25, -0.2) is 13.2 Å². The van der Waals surface area contributed by atoms with E-state index < -0.39 is 33.5 Å². The number of rotatable bonds is 7. The summed E-state index contributed by atoms with van der Waals surface area (Å²) in [6, 6.07) is 4.96. The summed E-state index contributed by atoms with van der Waals surface area (Å²) in [5.74, 6) is -2.35. The van der Waals surface area contributed by atoms with Gasteiger partial charge in [0.1, 0.15) is 11.8 Å². The van der Waals surface area contributed by atoms with E-state index in [-0.39, 0.29) is 5.75 Å². The Morgan fingerprint density at radius 2 is 1.86 bits per heavy atom. The van der Waals surface area contributed by atoms with Gasteiger partial charge in [-0.1, -0.05) is 12.1 Å². The molecule has 1 aromatic carbocycles. The van der Waals surface area contributed by atoms with Crippen LogP contribution in [0.15, 0.2) is 24.3 Å². The summed E-state index contributed by atoms with van der Waals surface area (Å²) in [6.07, 6.45) is 0. The summed E-state index contributed by atoms with van der Waals surface area (Å²) in [7, 11) is -2.18. The quantitative estimate of drug-likeness (QED) is 0.744. The molecule has 0 radical (unpaired) electrons. The van der Waals surface area contributed by atoms with E-state index in [1.807, 2.05) is 0 Å². The molecular formula is C13H17NO6S.